The lowest BCUT2D eigenvalue weighted by Gasteiger charge is -2.44. The van der Waals surface area contributed by atoms with Crippen LogP contribution in [0.3, 0.4) is 0 Å². The van der Waals surface area contributed by atoms with E-state index < -0.39 is 11.6 Å². The summed E-state index contributed by atoms with van der Waals surface area (Å²) in [6.07, 6.45) is 6.84. The van der Waals surface area contributed by atoms with Gasteiger partial charge in [0, 0.05) is 30.1 Å². The fraction of sp³-hybridized carbons (Fsp3) is 0.522. The Kier molecular flexibility index (Phi) is 6.06. The van der Waals surface area contributed by atoms with E-state index in [2.05, 4.69) is 0 Å². The van der Waals surface area contributed by atoms with E-state index in [1.165, 1.54) is 25.3 Å². The van der Waals surface area contributed by atoms with Crippen molar-refractivity contribution < 1.29 is 23.5 Å². The maximum atomic E-state index is 12.6. The number of piperidine rings is 1. The number of aryl methyl sites for hydroxylation is 1. The molecule has 1 aliphatic carbocycles. The van der Waals surface area contributed by atoms with Crippen molar-refractivity contribution in [1.82, 2.24) is 4.90 Å². The quantitative estimate of drug-likeness (QED) is 0.553. The molecule has 1 saturated carbocycles. The Labute approximate surface area is 174 Å². The fourth-order valence-corrected chi connectivity index (χ4v) is 4.74. The summed E-state index contributed by atoms with van der Waals surface area (Å²) in [4.78, 5) is 38.1. The molecule has 1 aromatic heterocycles. The lowest BCUT2D eigenvalue weighted by molar-refractivity contribution is -0.156. The number of nitrogens with zero attached hydrogens (tertiary/aromatic N) is 1. The highest BCUT2D eigenvalue weighted by Gasteiger charge is 2.35. The lowest BCUT2D eigenvalue weighted by atomic mass is 9.78. The molecule has 2 atom stereocenters. The first-order chi connectivity index (χ1) is 14.5. The Morgan fingerprint density at radius 2 is 1.90 bits per heavy atom. The molecule has 0 spiro atoms. The molecule has 2 aliphatic rings. The molecule has 1 aliphatic heterocycles. The third-order valence-corrected chi connectivity index (χ3v) is 6.20. The van der Waals surface area contributed by atoms with Crippen LogP contribution < -0.4 is 10.4 Å². The van der Waals surface area contributed by atoms with E-state index in [-0.39, 0.29) is 19.1 Å². The Bertz CT molecular complexity index is 995. The molecule has 1 amide bonds. The van der Waals surface area contributed by atoms with Gasteiger partial charge in [0.1, 0.15) is 11.3 Å². The molecule has 0 N–H and O–H groups in total. The zero-order chi connectivity index (χ0) is 21.1. The fourth-order valence-electron chi connectivity index (χ4n) is 4.74. The molecule has 0 unspecified atom stereocenters. The van der Waals surface area contributed by atoms with Crippen LogP contribution in [-0.4, -0.2) is 42.6 Å². The molecule has 0 radical (unpaired) electrons. The molecule has 7 heteroatoms. The number of hydrogen-bond acceptors (Lipinski definition) is 6. The highest BCUT2D eigenvalue weighted by atomic mass is 16.6. The van der Waals surface area contributed by atoms with Crippen molar-refractivity contribution in [2.75, 3.05) is 19.8 Å². The first-order valence-electron chi connectivity index (χ1n) is 10.6. The van der Waals surface area contributed by atoms with Gasteiger partial charge in [0.25, 0.3) is 5.91 Å². The van der Waals surface area contributed by atoms with E-state index in [0.717, 1.165) is 36.8 Å². The Hall–Kier alpha value is -2.83. The molecular formula is C23H27NO6. The summed E-state index contributed by atoms with van der Waals surface area (Å²) in [5.74, 6) is 0.252. The normalized spacial score (nSPS) is 21.2. The van der Waals surface area contributed by atoms with Crippen molar-refractivity contribution in [3.8, 4) is 5.75 Å². The van der Waals surface area contributed by atoms with E-state index >= 15 is 0 Å². The monoisotopic (exact) mass is 413 g/mol. The van der Waals surface area contributed by atoms with Gasteiger partial charge >= 0.3 is 11.6 Å². The Morgan fingerprint density at radius 1 is 1.10 bits per heavy atom. The van der Waals surface area contributed by atoms with E-state index in [4.69, 9.17) is 13.9 Å². The number of carbonyl (C=O) groups excluding carboxylic acids is 2. The van der Waals surface area contributed by atoms with Crippen molar-refractivity contribution in [3.05, 3.63) is 40.2 Å². The zero-order valence-electron chi connectivity index (χ0n) is 17.2. The summed E-state index contributed by atoms with van der Waals surface area (Å²) in [7, 11) is 0. The summed E-state index contributed by atoms with van der Waals surface area (Å²) in [6.45, 7) is 2.00. The molecule has 1 aromatic carbocycles. The van der Waals surface area contributed by atoms with Crippen LogP contribution in [0.25, 0.3) is 11.0 Å². The number of fused-ring (bicyclic) bond motifs is 2. The highest BCUT2D eigenvalue weighted by molar-refractivity contribution is 5.82. The molecule has 7 nitrogen and oxygen atoms in total. The molecule has 1 saturated heterocycles. The van der Waals surface area contributed by atoms with E-state index in [1.807, 2.05) is 11.8 Å². The van der Waals surface area contributed by atoms with Gasteiger partial charge in [-0.3, -0.25) is 4.79 Å². The van der Waals surface area contributed by atoms with Crippen LogP contribution in [0.15, 0.2) is 33.5 Å². The van der Waals surface area contributed by atoms with Crippen molar-refractivity contribution in [3.63, 3.8) is 0 Å². The average molecular weight is 413 g/mol. The predicted molar refractivity (Wildman–Crippen MR) is 110 cm³/mol. The van der Waals surface area contributed by atoms with Crippen LogP contribution in [-0.2, 0) is 14.3 Å². The van der Waals surface area contributed by atoms with Gasteiger partial charge in [-0.25, -0.2) is 9.59 Å². The number of hydrogen-bond donors (Lipinski definition) is 0. The third kappa shape index (κ3) is 4.50. The van der Waals surface area contributed by atoms with Crippen molar-refractivity contribution in [2.45, 2.75) is 51.5 Å². The van der Waals surface area contributed by atoms with Gasteiger partial charge < -0.3 is 18.8 Å². The van der Waals surface area contributed by atoms with E-state index in [0.29, 0.717) is 23.3 Å². The van der Waals surface area contributed by atoms with E-state index in [1.54, 1.807) is 18.2 Å². The number of amides is 1. The number of benzene rings is 1. The summed E-state index contributed by atoms with van der Waals surface area (Å²) in [5.41, 5.74) is 0.768. The molecule has 2 fully saturated rings. The van der Waals surface area contributed by atoms with Gasteiger partial charge in [-0.2, -0.15) is 0 Å². The SMILES string of the molecule is Cc1cc(=O)oc2cc(OCC(=O)OCC(=O)N3CCC[C@@H]4CCCC[C@@H]43)ccc12. The van der Waals surface area contributed by atoms with Crippen LogP contribution in [0.4, 0.5) is 0 Å². The molecule has 2 aromatic rings. The molecule has 160 valence electrons. The standard InChI is InChI=1S/C23H27NO6/c1-15-11-22(26)30-20-12-17(8-9-18(15)20)28-14-23(27)29-13-21(25)24-10-4-6-16-5-2-3-7-19(16)24/h8-9,11-12,16,19H,2-7,10,13-14H2,1H3/t16-,19-/m0/s1. The van der Waals surface area contributed by atoms with Crippen LogP contribution in [0.2, 0.25) is 0 Å². The van der Waals surface area contributed by atoms with Gasteiger partial charge in [0.15, 0.2) is 13.2 Å². The van der Waals surface area contributed by atoms with Gasteiger partial charge in [0.2, 0.25) is 0 Å². The number of ether oxygens (including phenoxy) is 2. The Balaban J connectivity index is 1.29. The summed E-state index contributed by atoms with van der Waals surface area (Å²) >= 11 is 0. The van der Waals surface area contributed by atoms with Gasteiger partial charge in [-0.15, -0.1) is 0 Å². The number of rotatable bonds is 5. The minimum absolute atomic E-state index is 0.122. The molecule has 30 heavy (non-hydrogen) atoms. The number of esters is 1. The van der Waals surface area contributed by atoms with E-state index in [9.17, 15) is 14.4 Å². The zero-order valence-corrected chi connectivity index (χ0v) is 17.2. The summed E-state index contributed by atoms with van der Waals surface area (Å²) in [6, 6.07) is 6.76. The predicted octanol–water partition coefficient (Wildman–Crippen LogP) is 3.20. The van der Waals surface area contributed by atoms with Crippen molar-refractivity contribution in [1.29, 1.82) is 0 Å². The van der Waals surface area contributed by atoms with Crippen LogP contribution in [0, 0.1) is 12.8 Å². The second-order valence-electron chi connectivity index (χ2n) is 8.20. The second kappa shape index (κ2) is 8.90. The maximum Gasteiger partial charge on any atom is 0.344 e. The van der Waals surface area contributed by atoms with Crippen LogP contribution in [0.1, 0.15) is 44.1 Å². The topological polar surface area (TPSA) is 86.0 Å². The molecule has 2 heterocycles. The largest absolute Gasteiger partial charge is 0.482 e. The minimum atomic E-state index is -0.605. The lowest BCUT2D eigenvalue weighted by Crippen LogP contribution is -2.51. The number of carbonyl (C=O) groups is 2. The van der Waals surface area contributed by atoms with Crippen molar-refractivity contribution in [2.24, 2.45) is 5.92 Å². The first kappa shape index (κ1) is 20.4. The highest BCUT2D eigenvalue weighted by Crippen LogP contribution is 2.35. The smallest absolute Gasteiger partial charge is 0.344 e. The molecular weight excluding hydrogens is 386 g/mol. The summed E-state index contributed by atoms with van der Waals surface area (Å²) in [5, 5.41) is 0.803. The first-order valence-corrected chi connectivity index (χ1v) is 10.6. The van der Waals surface area contributed by atoms with Gasteiger partial charge in [-0.1, -0.05) is 12.8 Å². The van der Waals surface area contributed by atoms with Gasteiger partial charge in [0.05, 0.1) is 0 Å². The maximum absolute atomic E-state index is 12.6. The molecule has 4 rings (SSSR count). The van der Waals surface area contributed by atoms with Crippen molar-refractivity contribution >= 4 is 22.8 Å². The third-order valence-electron chi connectivity index (χ3n) is 6.20. The van der Waals surface area contributed by atoms with Crippen LogP contribution in [0.5, 0.6) is 5.75 Å². The van der Waals surface area contributed by atoms with Crippen LogP contribution >= 0.6 is 0 Å². The number of likely N-dealkylation sites (tertiary alicyclic amines) is 1. The molecule has 0 bridgehead atoms. The average Bonchev–Trinajstić information content (AvgIpc) is 2.75. The second-order valence-corrected chi connectivity index (χ2v) is 8.20. The summed E-state index contributed by atoms with van der Waals surface area (Å²) < 4.78 is 15.8. The minimum Gasteiger partial charge on any atom is -0.482 e. The van der Waals surface area contributed by atoms with Gasteiger partial charge in [-0.05, 0) is 56.2 Å². The Morgan fingerprint density at radius 3 is 2.77 bits per heavy atom.